The minimum absolute atomic E-state index is 0.128. The van der Waals surface area contributed by atoms with E-state index in [0.717, 1.165) is 12.8 Å². The fraction of sp³-hybridized carbons (Fsp3) is 0.889. The van der Waals surface area contributed by atoms with Crippen molar-refractivity contribution in [3.8, 4) is 0 Å². The van der Waals surface area contributed by atoms with Crippen LogP contribution in [-0.4, -0.2) is 43.2 Å². The van der Waals surface area contributed by atoms with Crippen LogP contribution in [0.25, 0.3) is 0 Å². The molecule has 0 bridgehead atoms. The van der Waals surface area contributed by atoms with E-state index in [0.29, 0.717) is 17.5 Å². The van der Waals surface area contributed by atoms with Gasteiger partial charge in [0.05, 0.1) is 0 Å². The van der Waals surface area contributed by atoms with Gasteiger partial charge in [0.25, 0.3) is 0 Å². The van der Waals surface area contributed by atoms with E-state index in [4.69, 9.17) is 0 Å². The van der Waals surface area contributed by atoms with Crippen molar-refractivity contribution < 1.29 is 18.0 Å². The zero-order valence-electron chi connectivity index (χ0n) is 8.60. The number of nitrogens with zero attached hydrogens (tertiary/aromatic N) is 1. The number of carbonyl (C=O) groups excluding carboxylic acids is 1. The molecule has 0 aromatic heterocycles. The Balaban J connectivity index is 2.13. The Labute approximate surface area is 86.6 Å². The predicted octanol–water partition coefficient (Wildman–Crippen LogP) is 1.15. The zero-order chi connectivity index (χ0) is 11.5. The summed E-state index contributed by atoms with van der Waals surface area (Å²) in [6, 6.07) is 0.478. The number of hydrogen-bond donors (Lipinski definition) is 1. The summed E-state index contributed by atoms with van der Waals surface area (Å²) in [4.78, 5) is 11.9. The summed E-state index contributed by atoms with van der Waals surface area (Å²) in [5, 5.41) is 3.08. The highest BCUT2D eigenvalue weighted by molar-refractivity contribution is 5.76. The molecule has 0 aliphatic heterocycles. The van der Waals surface area contributed by atoms with Gasteiger partial charge in [-0.2, -0.15) is 13.2 Å². The SMILES string of the molecule is CN(CC(F)(F)F)C(=O)CCNC1CC1. The first-order valence-electron chi connectivity index (χ1n) is 4.92. The third-order valence-corrected chi connectivity index (χ3v) is 2.19. The smallest absolute Gasteiger partial charge is 0.337 e. The number of carbonyl (C=O) groups is 1. The molecule has 0 unspecified atom stereocenters. The molecule has 1 N–H and O–H groups in total. The van der Waals surface area contributed by atoms with Gasteiger partial charge < -0.3 is 10.2 Å². The lowest BCUT2D eigenvalue weighted by Crippen LogP contribution is -2.37. The van der Waals surface area contributed by atoms with Crippen molar-refractivity contribution in [1.29, 1.82) is 0 Å². The molecular formula is C9H15F3N2O. The molecule has 0 atom stereocenters. The van der Waals surface area contributed by atoms with E-state index in [9.17, 15) is 18.0 Å². The van der Waals surface area contributed by atoms with Gasteiger partial charge in [-0.05, 0) is 12.8 Å². The van der Waals surface area contributed by atoms with Crippen molar-refractivity contribution in [2.24, 2.45) is 0 Å². The number of halogens is 3. The van der Waals surface area contributed by atoms with Gasteiger partial charge >= 0.3 is 6.18 Å². The van der Waals surface area contributed by atoms with E-state index >= 15 is 0 Å². The first kappa shape index (κ1) is 12.3. The molecule has 3 nitrogen and oxygen atoms in total. The maximum Gasteiger partial charge on any atom is 0.406 e. The summed E-state index contributed by atoms with van der Waals surface area (Å²) >= 11 is 0. The number of alkyl halides is 3. The Bertz CT molecular complexity index is 226. The lowest BCUT2D eigenvalue weighted by molar-refractivity contribution is -0.158. The molecule has 0 heterocycles. The van der Waals surface area contributed by atoms with E-state index in [-0.39, 0.29) is 6.42 Å². The van der Waals surface area contributed by atoms with Gasteiger partial charge in [0.15, 0.2) is 0 Å². The average Bonchev–Trinajstić information content (AvgIpc) is 2.84. The monoisotopic (exact) mass is 224 g/mol. The quantitative estimate of drug-likeness (QED) is 0.759. The van der Waals surface area contributed by atoms with Crippen LogP contribution in [0.1, 0.15) is 19.3 Å². The second kappa shape index (κ2) is 4.83. The summed E-state index contributed by atoms with van der Waals surface area (Å²) in [5.74, 6) is -0.472. The molecule has 1 saturated carbocycles. The van der Waals surface area contributed by atoms with Gasteiger partial charge in [-0.3, -0.25) is 4.79 Å². The normalized spacial score (nSPS) is 16.5. The van der Waals surface area contributed by atoms with E-state index in [2.05, 4.69) is 5.32 Å². The Morgan fingerprint density at radius 1 is 1.47 bits per heavy atom. The number of amides is 1. The van der Waals surface area contributed by atoms with E-state index < -0.39 is 18.6 Å². The van der Waals surface area contributed by atoms with Crippen LogP contribution in [0, 0.1) is 0 Å². The molecule has 88 valence electrons. The van der Waals surface area contributed by atoms with Gasteiger partial charge in [0.1, 0.15) is 6.54 Å². The second-order valence-corrected chi connectivity index (χ2v) is 3.84. The third-order valence-electron chi connectivity index (χ3n) is 2.19. The molecule has 1 aliphatic carbocycles. The van der Waals surface area contributed by atoms with Gasteiger partial charge in [-0.15, -0.1) is 0 Å². The van der Waals surface area contributed by atoms with Crippen LogP contribution in [0.4, 0.5) is 13.2 Å². The Hall–Kier alpha value is -0.780. The molecule has 0 saturated heterocycles. The standard InChI is InChI=1S/C9H15F3N2O/c1-14(6-9(10,11)12)8(15)4-5-13-7-2-3-7/h7,13H,2-6H2,1H3. The molecular weight excluding hydrogens is 209 g/mol. The summed E-state index contributed by atoms with van der Waals surface area (Å²) in [6.45, 7) is -0.707. The molecule has 0 spiro atoms. The van der Waals surface area contributed by atoms with Crippen LogP contribution >= 0.6 is 0 Å². The van der Waals surface area contributed by atoms with Crippen molar-refractivity contribution >= 4 is 5.91 Å². The molecule has 0 aromatic carbocycles. The van der Waals surface area contributed by atoms with Gasteiger partial charge in [-0.25, -0.2) is 0 Å². The van der Waals surface area contributed by atoms with Crippen molar-refractivity contribution in [2.45, 2.75) is 31.5 Å². The molecule has 0 radical (unpaired) electrons. The van der Waals surface area contributed by atoms with Crippen LogP contribution in [-0.2, 0) is 4.79 Å². The molecule has 1 aliphatic rings. The van der Waals surface area contributed by atoms with Gasteiger partial charge in [0.2, 0.25) is 5.91 Å². The third kappa shape index (κ3) is 5.61. The Morgan fingerprint density at radius 3 is 2.53 bits per heavy atom. The molecule has 1 amide bonds. The topological polar surface area (TPSA) is 32.3 Å². The molecule has 1 fully saturated rings. The number of hydrogen-bond acceptors (Lipinski definition) is 2. The lowest BCUT2D eigenvalue weighted by atomic mass is 10.3. The minimum Gasteiger partial charge on any atom is -0.337 e. The van der Waals surface area contributed by atoms with Crippen LogP contribution in [0.15, 0.2) is 0 Å². The van der Waals surface area contributed by atoms with E-state index in [1.165, 1.54) is 7.05 Å². The van der Waals surface area contributed by atoms with Gasteiger partial charge in [-0.1, -0.05) is 0 Å². The lowest BCUT2D eigenvalue weighted by Gasteiger charge is -2.18. The second-order valence-electron chi connectivity index (χ2n) is 3.84. The number of nitrogens with one attached hydrogen (secondary N) is 1. The van der Waals surface area contributed by atoms with Crippen molar-refractivity contribution in [3.05, 3.63) is 0 Å². The molecule has 0 aromatic rings. The van der Waals surface area contributed by atoms with Crippen LogP contribution in [0.3, 0.4) is 0 Å². The predicted molar refractivity (Wildman–Crippen MR) is 49.3 cm³/mol. The largest absolute Gasteiger partial charge is 0.406 e. The van der Waals surface area contributed by atoms with Crippen molar-refractivity contribution in [2.75, 3.05) is 20.1 Å². The fourth-order valence-corrected chi connectivity index (χ4v) is 1.22. The molecule has 15 heavy (non-hydrogen) atoms. The summed E-state index contributed by atoms with van der Waals surface area (Å²) < 4.78 is 35.8. The fourth-order valence-electron chi connectivity index (χ4n) is 1.22. The van der Waals surface area contributed by atoms with Crippen molar-refractivity contribution in [3.63, 3.8) is 0 Å². The van der Waals surface area contributed by atoms with E-state index in [1.807, 2.05) is 0 Å². The van der Waals surface area contributed by atoms with Gasteiger partial charge in [0, 0.05) is 26.1 Å². The first-order chi connectivity index (χ1) is 6.88. The Morgan fingerprint density at radius 2 is 2.07 bits per heavy atom. The highest BCUT2D eigenvalue weighted by Gasteiger charge is 2.31. The number of rotatable bonds is 5. The van der Waals surface area contributed by atoms with E-state index in [1.54, 1.807) is 0 Å². The first-order valence-corrected chi connectivity index (χ1v) is 4.92. The summed E-state index contributed by atoms with van der Waals surface area (Å²) in [7, 11) is 1.17. The highest BCUT2D eigenvalue weighted by Crippen LogP contribution is 2.18. The average molecular weight is 224 g/mol. The summed E-state index contributed by atoms with van der Waals surface area (Å²) in [6.07, 6.45) is -1.98. The van der Waals surface area contributed by atoms with Crippen LogP contribution in [0.2, 0.25) is 0 Å². The molecule has 1 rings (SSSR count). The minimum atomic E-state index is -4.31. The van der Waals surface area contributed by atoms with Crippen molar-refractivity contribution in [1.82, 2.24) is 10.2 Å². The Kier molecular flexibility index (Phi) is 3.96. The summed E-state index contributed by atoms with van der Waals surface area (Å²) in [5.41, 5.74) is 0. The molecule has 6 heteroatoms. The van der Waals surface area contributed by atoms with Crippen LogP contribution < -0.4 is 5.32 Å². The van der Waals surface area contributed by atoms with Crippen LogP contribution in [0.5, 0.6) is 0 Å². The highest BCUT2D eigenvalue weighted by atomic mass is 19.4. The maximum absolute atomic E-state index is 11.9. The zero-order valence-corrected chi connectivity index (χ0v) is 8.60. The maximum atomic E-state index is 11.9.